The number of aryl methyl sites for hydroxylation is 1. The Morgan fingerprint density at radius 3 is 2.48 bits per heavy atom. The second kappa shape index (κ2) is 8.12. The first-order valence-corrected chi connectivity index (χ1v) is 7.62. The zero-order valence-corrected chi connectivity index (χ0v) is 12.4. The van der Waals surface area contributed by atoms with E-state index in [2.05, 4.69) is 17.0 Å². The van der Waals surface area contributed by atoms with E-state index in [1.807, 2.05) is 23.1 Å². The Balaban J connectivity index is 1.75. The van der Waals surface area contributed by atoms with Gasteiger partial charge in [-0.25, -0.2) is 0 Å². The molecule has 1 amide bonds. The van der Waals surface area contributed by atoms with Gasteiger partial charge in [0, 0.05) is 32.7 Å². The number of nitrogens with two attached hydrogens (primary N) is 1. The standard InChI is InChI=1S/C16H25N3O2/c17-15(7-6-14-4-2-1-3-5-14)16(21)19-10-8-18(9-11-19)12-13-20/h1-5,15,20H,6-13,17H2. The Labute approximate surface area is 126 Å². The summed E-state index contributed by atoms with van der Waals surface area (Å²) in [5.74, 6) is 0.0505. The minimum Gasteiger partial charge on any atom is -0.395 e. The summed E-state index contributed by atoms with van der Waals surface area (Å²) in [6, 6.07) is 9.69. The average molecular weight is 291 g/mol. The van der Waals surface area contributed by atoms with Crippen LogP contribution in [0.5, 0.6) is 0 Å². The van der Waals surface area contributed by atoms with E-state index in [0.29, 0.717) is 26.1 Å². The van der Waals surface area contributed by atoms with Gasteiger partial charge < -0.3 is 15.7 Å². The quantitative estimate of drug-likeness (QED) is 0.779. The number of nitrogens with zero attached hydrogens (tertiary/aromatic N) is 2. The number of carbonyl (C=O) groups is 1. The van der Waals surface area contributed by atoms with Crippen molar-refractivity contribution >= 4 is 5.91 Å². The Bertz CT molecular complexity index is 430. The molecule has 0 saturated carbocycles. The first-order valence-electron chi connectivity index (χ1n) is 7.62. The van der Waals surface area contributed by atoms with Crippen molar-refractivity contribution in [1.29, 1.82) is 0 Å². The Kier molecular flexibility index (Phi) is 6.17. The molecule has 1 fully saturated rings. The van der Waals surface area contributed by atoms with E-state index in [0.717, 1.165) is 19.5 Å². The highest BCUT2D eigenvalue weighted by atomic mass is 16.3. The van der Waals surface area contributed by atoms with Gasteiger partial charge in [-0.15, -0.1) is 0 Å². The van der Waals surface area contributed by atoms with Crippen LogP contribution in [0.2, 0.25) is 0 Å². The third-order valence-corrected chi connectivity index (χ3v) is 4.00. The molecule has 1 aliphatic rings. The number of amides is 1. The van der Waals surface area contributed by atoms with E-state index in [1.54, 1.807) is 0 Å². The lowest BCUT2D eigenvalue weighted by molar-refractivity contribution is -0.134. The van der Waals surface area contributed by atoms with E-state index < -0.39 is 6.04 Å². The highest BCUT2D eigenvalue weighted by molar-refractivity contribution is 5.81. The zero-order valence-electron chi connectivity index (χ0n) is 12.4. The third-order valence-electron chi connectivity index (χ3n) is 4.00. The molecule has 0 aliphatic carbocycles. The van der Waals surface area contributed by atoms with Gasteiger partial charge in [-0.05, 0) is 18.4 Å². The second-order valence-corrected chi connectivity index (χ2v) is 5.52. The predicted molar refractivity (Wildman–Crippen MR) is 82.8 cm³/mol. The zero-order chi connectivity index (χ0) is 15.1. The van der Waals surface area contributed by atoms with Gasteiger partial charge in [0.25, 0.3) is 0 Å². The van der Waals surface area contributed by atoms with Crippen LogP contribution in [0.4, 0.5) is 0 Å². The molecule has 1 aromatic carbocycles. The van der Waals surface area contributed by atoms with Crippen LogP contribution >= 0.6 is 0 Å². The molecule has 1 heterocycles. The molecule has 0 radical (unpaired) electrons. The maximum Gasteiger partial charge on any atom is 0.239 e. The van der Waals surface area contributed by atoms with Gasteiger partial charge >= 0.3 is 0 Å². The van der Waals surface area contributed by atoms with Gasteiger partial charge in [-0.2, -0.15) is 0 Å². The van der Waals surface area contributed by atoms with Crippen molar-refractivity contribution in [2.24, 2.45) is 5.73 Å². The topological polar surface area (TPSA) is 69.8 Å². The number of carbonyl (C=O) groups excluding carboxylic acids is 1. The van der Waals surface area contributed by atoms with Crippen molar-refractivity contribution in [2.45, 2.75) is 18.9 Å². The monoisotopic (exact) mass is 291 g/mol. The smallest absolute Gasteiger partial charge is 0.239 e. The van der Waals surface area contributed by atoms with Crippen molar-refractivity contribution in [3.8, 4) is 0 Å². The van der Waals surface area contributed by atoms with E-state index in [1.165, 1.54) is 5.56 Å². The van der Waals surface area contributed by atoms with Crippen molar-refractivity contribution < 1.29 is 9.90 Å². The number of aliphatic hydroxyl groups excluding tert-OH is 1. The number of rotatable bonds is 6. The lowest BCUT2D eigenvalue weighted by atomic mass is 10.0. The first-order chi connectivity index (χ1) is 10.2. The van der Waals surface area contributed by atoms with Crippen molar-refractivity contribution in [1.82, 2.24) is 9.80 Å². The molecule has 2 rings (SSSR count). The first kappa shape index (κ1) is 15.9. The number of β-amino-alcohol motifs (C(OH)–C–C–N with tert-alkyl or cyclic N) is 1. The summed E-state index contributed by atoms with van der Waals surface area (Å²) in [4.78, 5) is 16.3. The molecular weight excluding hydrogens is 266 g/mol. The molecule has 0 aromatic heterocycles. The minimum atomic E-state index is -0.422. The van der Waals surface area contributed by atoms with Crippen LogP contribution < -0.4 is 5.73 Å². The fraction of sp³-hybridized carbons (Fsp3) is 0.562. The van der Waals surface area contributed by atoms with Crippen molar-refractivity contribution in [3.05, 3.63) is 35.9 Å². The van der Waals surface area contributed by atoms with Gasteiger partial charge in [0.15, 0.2) is 0 Å². The number of aliphatic hydroxyl groups is 1. The Hall–Kier alpha value is -1.43. The number of piperazine rings is 1. The van der Waals surface area contributed by atoms with E-state index in [-0.39, 0.29) is 12.5 Å². The highest BCUT2D eigenvalue weighted by Gasteiger charge is 2.24. The summed E-state index contributed by atoms with van der Waals surface area (Å²) >= 11 is 0. The summed E-state index contributed by atoms with van der Waals surface area (Å²) in [5, 5.41) is 8.92. The predicted octanol–water partition coefficient (Wildman–Crippen LogP) is 0.0830. The van der Waals surface area contributed by atoms with Crippen LogP contribution in [0.1, 0.15) is 12.0 Å². The number of hydrogen-bond acceptors (Lipinski definition) is 4. The van der Waals surface area contributed by atoms with Gasteiger partial charge in [-0.3, -0.25) is 9.69 Å². The molecule has 1 aromatic rings. The Morgan fingerprint density at radius 1 is 1.19 bits per heavy atom. The van der Waals surface area contributed by atoms with Crippen molar-refractivity contribution in [3.63, 3.8) is 0 Å². The van der Waals surface area contributed by atoms with Crippen LogP contribution in [0.15, 0.2) is 30.3 Å². The van der Waals surface area contributed by atoms with E-state index in [4.69, 9.17) is 10.8 Å². The molecule has 116 valence electrons. The van der Waals surface area contributed by atoms with E-state index >= 15 is 0 Å². The fourth-order valence-corrected chi connectivity index (χ4v) is 2.66. The molecule has 5 nitrogen and oxygen atoms in total. The maximum atomic E-state index is 12.3. The minimum absolute atomic E-state index is 0.0505. The summed E-state index contributed by atoms with van der Waals surface area (Å²) in [7, 11) is 0. The molecule has 0 bridgehead atoms. The molecule has 3 N–H and O–H groups in total. The molecule has 1 unspecified atom stereocenters. The SMILES string of the molecule is NC(CCc1ccccc1)C(=O)N1CCN(CCO)CC1. The molecule has 1 saturated heterocycles. The molecule has 0 spiro atoms. The van der Waals surface area contributed by atoms with Crippen LogP contribution in [0.25, 0.3) is 0 Å². The molecule has 5 heteroatoms. The molecular formula is C16H25N3O2. The average Bonchev–Trinajstić information content (AvgIpc) is 2.54. The van der Waals surface area contributed by atoms with Gasteiger partial charge in [-0.1, -0.05) is 30.3 Å². The summed E-state index contributed by atoms with van der Waals surface area (Å²) in [5.41, 5.74) is 7.26. The molecule has 1 atom stereocenters. The lowest BCUT2D eigenvalue weighted by Crippen LogP contribution is -2.53. The van der Waals surface area contributed by atoms with Gasteiger partial charge in [0.05, 0.1) is 12.6 Å². The normalized spacial score (nSPS) is 17.7. The van der Waals surface area contributed by atoms with Crippen LogP contribution in [0, 0.1) is 0 Å². The number of benzene rings is 1. The van der Waals surface area contributed by atoms with Gasteiger partial charge in [0.1, 0.15) is 0 Å². The summed E-state index contributed by atoms with van der Waals surface area (Å²) in [6.07, 6.45) is 1.51. The second-order valence-electron chi connectivity index (χ2n) is 5.52. The van der Waals surface area contributed by atoms with Crippen LogP contribution in [-0.2, 0) is 11.2 Å². The summed E-state index contributed by atoms with van der Waals surface area (Å²) < 4.78 is 0. The number of hydrogen-bond donors (Lipinski definition) is 2. The van der Waals surface area contributed by atoms with Gasteiger partial charge in [0.2, 0.25) is 5.91 Å². The lowest BCUT2D eigenvalue weighted by Gasteiger charge is -2.35. The molecule has 1 aliphatic heterocycles. The highest BCUT2D eigenvalue weighted by Crippen LogP contribution is 2.08. The molecule has 21 heavy (non-hydrogen) atoms. The largest absolute Gasteiger partial charge is 0.395 e. The van der Waals surface area contributed by atoms with Crippen LogP contribution in [-0.4, -0.2) is 66.2 Å². The summed E-state index contributed by atoms with van der Waals surface area (Å²) in [6.45, 7) is 3.90. The van der Waals surface area contributed by atoms with E-state index in [9.17, 15) is 4.79 Å². The van der Waals surface area contributed by atoms with Crippen LogP contribution in [0.3, 0.4) is 0 Å². The fourth-order valence-electron chi connectivity index (χ4n) is 2.66. The third kappa shape index (κ3) is 4.81. The maximum absolute atomic E-state index is 12.3. The Morgan fingerprint density at radius 2 is 1.86 bits per heavy atom. The van der Waals surface area contributed by atoms with Crippen molar-refractivity contribution in [2.75, 3.05) is 39.3 Å².